The van der Waals surface area contributed by atoms with Crippen LogP contribution in [0.4, 0.5) is 0 Å². The molecular weight excluding hydrogens is 280 g/mol. The van der Waals surface area contributed by atoms with Crippen molar-refractivity contribution < 1.29 is 18.3 Å². The van der Waals surface area contributed by atoms with E-state index >= 15 is 0 Å². The molecule has 2 unspecified atom stereocenters. The van der Waals surface area contributed by atoms with E-state index in [1.54, 1.807) is 0 Å². The Morgan fingerprint density at radius 2 is 2.10 bits per heavy atom. The van der Waals surface area contributed by atoms with Crippen LogP contribution in [0, 0.1) is 5.92 Å². The Kier molecular flexibility index (Phi) is 6.22. The highest BCUT2D eigenvalue weighted by Crippen LogP contribution is 2.18. The normalized spacial score (nSPS) is 29.4. The molecule has 2 aliphatic rings. The molecule has 0 aromatic rings. The third-order valence-corrected chi connectivity index (χ3v) is 5.69. The minimum Gasteiger partial charge on any atom is -0.396 e. The molecular formula is C13H26N2O4S. The monoisotopic (exact) mass is 306 g/mol. The zero-order valence-corrected chi connectivity index (χ0v) is 12.8. The smallest absolute Gasteiger partial charge is 0.279 e. The number of piperidine rings is 1. The van der Waals surface area contributed by atoms with Crippen molar-refractivity contribution in [3.63, 3.8) is 0 Å². The van der Waals surface area contributed by atoms with Gasteiger partial charge in [-0.1, -0.05) is 0 Å². The fraction of sp³-hybridized carbons (Fsp3) is 1.00. The van der Waals surface area contributed by atoms with Crippen LogP contribution in [0.2, 0.25) is 0 Å². The van der Waals surface area contributed by atoms with Crippen molar-refractivity contribution in [2.45, 2.75) is 44.6 Å². The second-order valence-corrected chi connectivity index (χ2v) is 7.48. The number of aliphatic hydroxyl groups excluding tert-OH is 1. The summed E-state index contributed by atoms with van der Waals surface area (Å²) in [6.45, 7) is 2.24. The summed E-state index contributed by atoms with van der Waals surface area (Å²) in [7, 11) is -3.41. The van der Waals surface area contributed by atoms with Gasteiger partial charge in [0.2, 0.25) is 0 Å². The fourth-order valence-corrected chi connectivity index (χ4v) is 4.20. The van der Waals surface area contributed by atoms with Gasteiger partial charge in [0.05, 0.1) is 6.10 Å². The van der Waals surface area contributed by atoms with Crippen LogP contribution in [0.5, 0.6) is 0 Å². The summed E-state index contributed by atoms with van der Waals surface area (Å²) < 4.78 is 34.1. The van der Waals surface area contributed by atoms with Crippen LogP contribution in [0.1, 0.15) is 38.5 Å². The first-order chi connectivity index (χ1) is 9.62. The van der Waals surface area contributed by atoms with Crippen LogP contribution >= 0.6 is 0 Å². The van der Waals surface area contributed by atoms with Gasteiger partial charge in [-0.05, 0) is 44.4 Å². The van der Waals surface area contributed by atoms with Gasteiger partial charge in [0.25, 0.3) is 10.2 Å². The van der Waals surface area contributed by atoms with E-state index in [1.165, 1.54) is 10.7 Å². The number of rotatable bonds is 6. The van der Waals surface area contributed by atoms with Gasteiger partial charge < -0.3 is 9.84 Å². The van der Waals surface area contributed by atoms with Crippen molar-refractivity contribution in [1.29, 1.82) is 0 Å². The first-order valence-corrected chi connectivity index (χ1v) is 9.03. The minimum atomic E-state index is -3.41. The molecule has 0 amide bonds. The highest BCUT2D eigenvalue weighted by Gasteiger charge is 2.28. The molecule has 6 nitrogen and oxygen atoms in total. The quantitative estimate of drug-likeness (QED) is 0.748. The average Bonchev–Trinajstić information content (AvgIpc) is 2.48. The van der Waals surface area contributed by atoms with Crippen molar-refractivity contribution in [3.05, 3.63) is 0 Å². The molecule has 0 saturated carbocycles. The Hall–Kier alpha value is -0.210. The summed E-state index contributed by atoms with van der Waals surface area (Å²) in [5, 5.41) is 9.16. The number of hydrogen-bond acceptors (Lipinski definition) is 4. The zero-order valence-electron chi connectivity index (χ0n) is 12.0. The third-order valence-electron chi connectivity index (χ3n) is 4.10. The topological polar surface area (TPSA) is 78.9 Å². The minimum absolute atomic E-state index is 0.0575. The Morgan fingerprint density at radius 3 is 2.80 bits per heavy atom. The highest BCUT2D eigenvalue weighted by molar-refractivity contribution is 7.87. The van der Waals surface area contributed by atoms with E-state index in [0.717, 1.165) is 38.7 Å². The predicted molar refractivity (Wildman–Crippen MR) is 76.5 cm³/mol. The van der Waals surface area contributed by atoms with Crippen molar-refractivity contribution in [1.82, 2.24) is 9.03 Å². The van der Waals surface area contributed by atoms with Gasteiger partial charge >= 0.3 is 0 Å². The van der Waals surface area contributed by atoms with Crippen LogP contribution in [0.25, 0.3) is 0 Å². The third kappa shape index (κ3) is 4.66. The van der Waals surface area contributed by atoms with Crippen molar-refractivity contribution in [2.24, 2.45) is 5.92 Å². The molecule has 0 spiro atoms. The molecule has 2 aliphatic heterocycles. The van der Waals surface area contributed by atoms with Crippen molar-refractivity contribution >= 4 is 10.2 Å². The number of hydrogen-bond donors (Lipinski definition) is 2. The maximum absolute atomic E-state index is 12.2. The molecule has 2 saturated heterocycles. The van der Waals surface area contributed by atoms with Crippen molar-refractivity contribution in [2.75, 3.05) is 32.8 Å². The Morgan fingerprint density at radius 1 is 1.25 bits per heavy atom. The van der Waals surface area contributed by atoms with E-state index in [0.29, 0.717) is 19.6 Å². The second-order valence-electron chi connectivity index (χ2n) is 5.73. The summed E-state index contributed by atoms with van der Waals surface area (Å²) in [5.74, 6) is 0.0713. The largest absolute Gasteiger partial charge is 0.396 e. The van der Waals surface area contributed by atoms with E-state index in [4.69, 9.17) is 9.84 Å². The summed E-state index contributed by atoms with van der Waals surface area (Å²) in [6.07, 6.45) is 5.95. The number of nitrogens with zero attached hydrogens (tertiary/aromatic N) is 1. The number of aliphatic hydroxyl groups is 1. The molecule has 2 atom stereocenters. The van der Waals surface area contributed by atoms with E-state index in [2.05, 4.69) is 4.72 Å². The number of nitrogens with one attached hydrogen (secondary N) is 1. The summed E-state index contributed by atoms with van der Waals surface area (Å²) in [6, 6.07) is 0. The fourth-order valence-electron chi connectivity index (χ4n) is 2.87. The van der Waals surface area contributed by atoms with Gasteiger partial charge in [-0.2, -0.15) is 12.7 Å². The van der Waals surface area contributed by atoms with Crippen molar-refractivity contribution in [3.8, 4) is 0 Å². The zero-order chi connectivity index (χ0) is 14.4. The molecule has 118 valence electrons. The lowest BCUT2D eigenvalue weighted by Crippen LogP contribution is -2.47. The first-order valence-electron chi connectivity index (χ1n) is 7.59. The molecule has 0 aliphatic carbocycles. The lowest BCUT2D eigenvalue weighted by molar-refractivity contribution is 0.0123. The van der Waals surface area contributed by atoms with Crippen LogP contribution < -0.4 is 4.72 Å². The molecule has 0 aromatic heterocycles. The Bertz CT molecular complexity index is 382. The molecule has 7 heteroatoms. The lowest BCUT2D eigenvalue weighted by atomic mass is 10.0. The van der Waals surface area contributed by atoms with E-state index < -0.39 is 10.2 Å². The predicted octanol–water partition coefficient (Wildman–Crippen LogP) is 0.484. The molecule has 2 fully saturated rings. The second kappa shape index (κ2) is 7.70. The molecule has 0 bridgehead atoms. The van der Waals surface area contributed by atoms with E-state index in [1.807, 2.05) is 0 Å². The van der Waals surface area contributed by atoms with Gasteiger partial charge in [0, 0.05) is 32.8 Å². The summed E-state index contributed by atoms with van der Waals surface area (Å²) in [5.41, 5.74) is 0. The van der Waals surface area contributed by atoms with Gasteiger partial charge in [0.1, 0.15) is 0 Å². The standard InChI is InChI=1S/C13H26N2O4S/c16-11-12-4-3-8-15(10-12)20(17,18)14-7-6-13-5-1-2-9-19-13/h12-14,16H,1-11H2. The molecule has 2 N–H and O–H groups in total. The molecule has 20 heavy (non-hydrogen) atoms. The maximum Gasteiger partial charge on any atom is 0.279 e. The van der Waals surface area contributed by atoms with Gasteiger partial charge in [0.15, 0.2) is 0 Å². The molecule has 2 heterocycles. The van der Waals surface area contributed by atoms with Gasteiger partial charge in [-0.15, -0.1) is 0 Å². The van der Waals surface area contributed by atoms with E-state index in [9.17, 15) is 8.42 Å². The number of ether oxygens (including phenoxy) is 1. The summed E-state index contributed by atoms with van der Waals surface area (Å²) in [4.78, 5) is 0. The van der Waals surface area contributed by atoms with Crippen LogP contribution in [-0.2, 0) is 14.9 Å². The van der Waals surface area contributed by atoms with Crippen LogP contribution in [0.3, 0.4) is 0 Å². The Labute approximate surface area is 121 Å². The van der Waals surface area contributed by atoms with Crippen LogP contribution in [0.15, 0.2) is 0 Å². The summed E-state index contributed by atoms with van der Waals surface area (Å²) >= 11 is 0. The van der Waals surface area contributed by atoms with Gasteiger partial charge in [-0.25, -0.2) is 4.72 Å². The molecule has 2 rings (SSSR count). The average molecular weight is 306 g/mol. The lowest BCUT2D eigenvalue weighted by Gasteiger charge is -2.31. The highest BCUT2D eigenvalue weighted by atomic mass is 32.2. The first kappa shape index (κ1) is 16.2. The van der Waals surface area contributed by atoms with Crippen LogP contribution in [-0.4, -0.2) is 56.8 Å². The van der Waals surface area contributed by atoms with Gasteiger partial charge in [-0.3, -0.25) is 0 Å². The van der Waals surface area contributed by atoms with E-state index in [-0.39, 0.29) is 18.6 Å². The maximum atomic E-state index is 12.2. The molecule has 0 radical (unpaired) electrons. The SMILES string of the molecule is O=S(=O)(NCCC1CCCCO1)N1CCCC(CO)C1. The molecule has 0 aromatic carbocycles. The Balaban J connectivity index is 1.75.